The summed E-state index contributed by atoms with van der Waals surface area (Å²) < 4.78 is 0. The minimum atomic E-state index is -0.750. The number of amidine groups is 1. The van der Waals surface area contributed by atoms with Crippen molar-refractivity contribution in [2.24, 2.45) is 16.3 Å². The molecule has 1 aliphatic carbocycles. The van der Waals surface area contributed by atoms with Crippen LogP contribution < -0.4 is 5.73 Å². The quantitative estimate of drug-likeness (QED) is 0.314. The normalized spacial score (nSPS) is 20.3. The molecule has 15 heavy (non-hydrogen) atoms. The molecule has 0 atom stereocenters. The van der Waals surface area contributed by atoms with Gasteiger partial charge in [-0.2, -0.15) is 0 Å². The van der Waals surface area contributed by atoms with Crippen LogP contribution in [0, 0.1) is 5.41 Å². The van der Waals surface area contributed by atoms with Gasteiger partial charge in [-0.05, 0) is 19.8 Å². The first-order valence-corrected chi connectivity index (χ1v) is 5.32. The Hall–Kier alpha value is -1.26. The Labute approximate surface area is 89.9 Å². The maximum absolute atomic E-state index is 12.2. The third-order valence-electron chi connectivity index (χ3n) is 3.29. The van der Waals surface area contributed by atoms with Crippen molar-refractivity contribution in [3.63, 3.8) is 0 Å². The average molecular weight is 213 g/mol. The third-order valence-corrected chi connectivity index (χ3v) is 3.29. The Morgan fingerprint density at radius 2 is 2.07 bits per heavy atom. The van der Waals surface area contributed by atoms with Gasteiger partial charge in [0.1, 0.15) is 5.41 Å². The van der Waals surface area contributed by atoms with Crippen LogP contribution in [0.5, 0.6) is 0 Å². The first kappa shape index (κ1) is 11.8. The fourth-order valence-corrected chi connectivity index (χ4v) is 2.16. The molecule has 0 bridgehead atoms. The van der Waals surface area contributed by atoms with Crippen molar-refractivity contribution < 1.29 is 10.0 Å². The third kappa shape index (κ3) is 1.91. The molecule has 1 amide bonds. The Balaban J connectivity index is 2.96. The van der Waals surface area contributed by atoms with Crippen molar-refractivity contribution in [3.05, 3.63) is 0 Å². The molecule has 1 aliphatic rings. The van der Waals surface area contributed by atoms with Crippen molar-refractivity contribution in [1.82, 2.24) is 4.90 Å². The van der Waals surface area contributed by atoms with E-state index in [1.54, 1.807) is 11.9 Å². The molecule has 0 spiro atoms. The summed E-state index contributed by atoms with van der Waals surface area (Å²) in [4.78, 5) is 13.8. The summed E-state index contributed by atoms with van der Waals surface area (Å²) in [5.41, 5.74) is 4.91. The van der Waals surface area contributed by atoms with E-state index in [2.05, 4.69) is 5.16 Å². The van der Waals surface area contributed by atoms with E-state index >= 15 is 0 Å². The number of nitrogens with two attached hydrogens (primary N) is 1. The molecule has 5 nitrogen and oxygen atoms in total. The topological polar surface area (TPSA) is 78.9 Å². The number of rotatable bonds is 3. The molecule has 1 saturated carbocycles. The Morgan fingerprint density at radius 1 is 1.53 bits per heavy atom. The first-order chi connectivity index (χ1) is 7.08. The fraction of sp³-hybridized carbons (Fsp3) is 0.800. The zero-order valence-electron chi connectivity index (χ0n) is 9.36. The van der Waals surface area contributed by atoms with E-state index < -0.39 is 5.41 Å². The zero-order chi connectivity index (χ0) is 11.5. The summed E-state index contributed by atoms with van der Waals surface area (Å²) in [6, 6.07) is 0. The number of amides is 1. The number of nitrogens with zero attached hydrogens (tertiary/aromatic N) is 2. The Kier molecular flexibility index (Phi) is 3.55. The minimum absolute atomic E-state index is 0.0298. The van der Waals surface area contributed by atoms with E-state index in [0.29, 0.717) is 19.4 Å². The first-order valence-electron chi connectivity index (χ1n) is 5.32. The van der Waals surface area contributed by atoms with Gasteiger partial charge in [-0.25, -0.2) is 0 Å². The van der Waals surface area contributed by atoms with Crippen LogP contribution in [0.2, 0.25) is 0 Å². The number of carbonyl (C=O) groups excluding carboxylic acids is 1. The summed E-state index contributed by atoms with van der Waals surface area (Å²) in [7, 11) is 1.74. The van der Waals surface area contributed by atoms with Gasteiger partial charge in [-0.15, -0.1) is 0 Å². The molecule has 1 rings (SSSR count). The molecule has 0 aromatic carbocycles. The molecule has 0 heterocycles. The highest BCUT2D eigenvalue weighted by molar-refractivity contribution is 6.06. The van der Waals surface area contributed by atoms with Crippen LogP contribution in [0.4, 0.5) is 0 Å². The van der Waals surface area contributed by atoms with Gasteiger partial charge in [0.15, 0.2) is 5.84 Å². The molecule has 0 radical (unpaired) electrons. The van der Waals surface area contributed by atoms with Crippen LogP contribution in [-0.4, -0.2) is 35.4 Å². The van der Waals surface area contributed by atoms with E-state index in [0.717, 1.165) is 12.8 Å². The van der Waals surface area contributed by atoms with Gasteiger partial charge in [-0.1, -0.05) is 18.0 Å². The Morgan fingerprint density at radius 3 is 2.47 bits per heavy atom. The maximum atomic E-state index is 12.2. The molecule has 5 heteroatoms. The van der Waals surface area contributed by atoms with Gasteiger partial charge in [-0.3, -0.25) is 4.79 Å². The summed E-state index contributed by atoms with van der Waals surface area (Å²) in [5.74, 6) is 0.0306. The highest BCUT2D eigenvalue weighted by Gasteiger charge is 2.46. The molecular formula is C10H19N3O2. The molecule has 1 fully saturated rings. The van der Waals surface area contributed by atoms with Crippen molar-refractivity contribution in [2.45, 2.75) is 32.6 Å². The van der Waals surface area contributed by atoms with Crippen LogP contribution in [-0.2, 0) is 4.79 Å². The van der Waals surface area contributed by atoms with E-state index in [9.17, 15) is 4.79 Å². The van der Waals surface area contributed by atoms with Gasteiger partial charge >= 0.3 is 0 Å². The van der Waals surface area contributed by atoms with Gasteiger partial charge in [0.2, 0.25) is 5.91 Å². The second kappa shape index (κ2) is 4.51. The predicted molar refractivity (Wildman–Crippen MR) is 57.6 cm³/mol. The Bertz CT molecular complexity index is 270. The van der Waals surface area contributed by atoms with Gasteiger partial charge < -0.3 is 15.8 Å². The van der Waals surface area contributed by atoms with Crippen LogP contribution in [0.3, 0.4) is 0 Å². The number of hydrogen-bond acceptors (Lipinski definition) is 3. The number of oxime groups is 1. The molecule has 0 unspecified atom stereocenters. The second-order valence-electron chi connectivity index (χ2n) is 4.09. The fourth-order valence-electron chi connectivity index (χ4n) is 2.16. The van der Waals surface area contributed by atoms with E-state index in [1.807, 2.05) is 6.92 Å². The lowest BCUT2D eigenvalue weighted by molar-refractivity contribution is -0.136. The smallest absolute Gasteiger partial charge is 0.236 e. The summed E-state index contributed by atoms with van der Waals surface area (Å²) in [6.07, 6.45) is 3.29. The molecule has 0 saturated heterocycles. The number of carbonyl (C=O) groups is 1. The highest BCUT2D eigenvalue weighted by atomic mass is 16.4. The molecule has 0 aromatic heterocycles. The number of hydrogen-bond donors (Lipinski definition) is 2. The largest absolute Gasteiger partial charge is 0.409 e. The zero-order valence-corrected chi connectivity index (χ0v) is 9.36. The van der Waals surface area contributed by atoms with Crippen molar-refractivity contribution in [1.29, 1.82) is 0 Å². The predicted octanol–water partition coefficient (Wildman–Crippen LogP) is 0.771. The molecule has 0 aliphatic heterocycles. The highest BCUT2D eigenvalue weighted by Crippen LogP contribution is 2.39. The molecule has 3 N–H and O–H groups in total. The summed E-state index contributed by atoms with van der Waals surface area (Å²) in [5, 5.41) is 11.8. The monoisotopic (exact) mass is 213 g/mol. The summed E-state index contributed by atoms with van der Waals surface area (Å²) >= 11 is 0. The lowest BCUT2D eigenvalue weighted by Crippen LogP contribution is -2.48. The maximum Gasteiger partial charge on any atom is 0.236 e. The van der Waals surface area contributed by atoms with Crippen LogP contribution in [0.25, 0.3) is 0 Å². The molecule has 0 aromatic rings. The average Bonchev–Trinajstić information content (AvgIpc) is 2.76. The second-order valence-corrected chi connectivity index (χ2v) is 4.09. The van der Waals surface area contributed by atoms with Crippen LogP contribution in [0.1, 0.15) is 32.6 Å². The lowest BCUT2D eigenvalue weighted by Gasteiger charge is -2.30. The molecule has 86 valence electrons. The molecular weight excluding hydrogens is 194 g/mol. The van der Waals surface area contributed by atoms with Crippen molar-refractivity contribution in [2.75, 3.05) is 13.6 Å². The van der Waals surface area contributed by atoms with E-state index in [1.165, 1.54) is 0 Å². The standard InChI is InChI=1S/C10H19N3O2/c1-3-13(2)9(14)10(8(11)12-15)6-4-5-7-10/h15H,3-7H2,1-2H3,(H2,11,12). The van der Waals surface area contributed by atoms with Gasteiger partial charge in [0, 0.05) is 13.6 Å². The van der Waals surface area contributed by atoms with E-state index in [4.69, 9.17) is 10.9 Å². The van der Waals surface area contributed by atoms with Gasteiger partial charge in [0.05, 0.1) is 0 Å². The van der Waals surface area contributed by atoms with Crippen molar-refractivity contribution in [3.8, 4) is 0 Å². The summed E-state index contributed by atoms with van der Waals surface area (Å²) in [6.45, 7) is 2.55. The SMILES string of the molecule is CCN(C)C(=O)C1(C(N)=NO)CCCC1. The van der Waals surface area contributed by atoms with Crippen LogP contribution >= 0.6 is 0 Å². The minimum Gasteiger partial charge on any atom is -0.409 e. The van der Waals surface area contributed by atoms with E-state index in [-0.39, 0.29) is 11.7 Å². The van der Waals surface area contributed by atoms with Crippen LogP contribution in [0.15, 0.2) is 5.16 Å². The van der Waals surface area contributed by atoms with Crippen molar-refractivity contribution >= 4 is 11.7 Å². The van der Waals surface area contributed by atoms with Gasteiger partial charge in [0.25, 0.3) is 0 Å². The lowest BCUT2D eigenvalue weighted by atomic mass is 9.83.